The minimum absolute atomic E-state index is 0.285. The molecule has 0 aliphatic carbocycles. The van der Waals surface area contributed by atoms with E-state index in [-0.39, 0.29) is 5.60 Å². The molecule has 1 N–H and O–H groups in total. The van der Waals surface area contributed by atoms with Crippen molar-refractivity contribution in [3.63, 3.8) is 0 Å². The Bertz CT molecular complexity index is 1010. The van der Waals surface area contributed by atoms with Crippen LogP contribution in [0.15, 0.2) is 61.3 Å². The molecule has 0 amide bonds. The predicted molar refractivity (Wildman–Crippen MR) is 127 cm³/mol. The van der Waals surface area contributed by atoms with Crippen LogP contribution in [0.4, 0.5) is 0 Å². The van der Waals surface area contributed by atoms with Crippen molar-refractivity contribution in [3.8, 4) is 16.9 Å². The van der Waals surface area contributed by atoms with E-state index in [2.05, 4.69) is 33.7 Å². The fourth-order valence-corrected chi connectivity index (χ4v) is 4.06. The summed E-state index contributed by atoms with van der Waals surface area (Å²) >= 11 is 0. The van der Waals surface area contributed by atoms with Crippen molar-refractivity contribution in [3.05, 3.63) is 72.6 Å². The van der Waals surface area contributed by atoms with Crippen molar-refractivity contribution >= 4 is 0 Å². The normalized spacial score (nSPS) is 14.3. The third-order valence-corrected chi connectivity index (χ3v) is 5.48. The van der Waals surface area contributed by atoms with Crippen LogP contribution in [0, 0.1) is 5.41 Å². The molecule has 2 heterocycles. The van der Waals surface area contributed by atoms with Crippen LogP contribution in [0.2, 0.25) is 0 Å². The number of aromatic nitrogens is 3. The van der Waals surface area contributed by atoms with Gasteiger partial charge in [0.2, 0.25) is 0 Å². The number of ether oxygens (including phenoxy) is 1. The summed E-state index contributed by atoms with van der Waals surface area (Å²) in [6.45, 7) is 10.9. The zero-order chi connectivity index (χ0) is 23.6. The lowest BCUT2D eigenvalue weighted by Gasteiger charge is -2.39. The Morgan fingerprint density at radius 1 is 0.844 bits per heavy atom. The van der Waals surface area contributed by atoms with Gasteiger partial charge in [0.05, 0.1) is 5.69 Å². The third kappa shape index (κ3) is 5.14. The molecule has 0 bridgehead atoms. The van der Waals surface area contributed by atoms with Gasteiger partial charge in [-0.3, -0.25) is 4.98 Å². The molecule has 3 aromatic rings. The molecule has 1 unspecified atom stereocenters. The second kappa shape index (κ2) is 8.96. The molecule has 0 saturated carbocycles. The minimum atomic E-state index is -1.32. The molecule has 0 saturated heterocycles. The quantitative estimate of drug-likeness (QED) is 0.589. The largest absolute Gasteiger partial charge is 0.487 e. The Hall–Kier alpha value is -2.83. The highest BCUT2D eigenvalue weighted by Crippen LogP contribution is 2.43. The molecule has 6 nitrogen and oxygen atoms in total. The second-order valence-electron chi connectivity index (χ2n) is 10.1. The Morgan fingerprint density at radius 3 is 1.94 bits per heavy atom. The monoisotopic (exact) mass is 434 g/mol. The first-order valence-electron chi connectivity index (χ1n) is 10.8. The number of likely N-dealkylation sites (N-methyl/N-ethyl adjacent to an activating group) is 1. The molecule has 0 radical (unpaired) electrons. The maximum atomic E-state index is 11.7. The van der Waals surface area contributed by atoms with E-state index in [1.807, 2.05) is 71.3 Å². The van der Waals surface area contributed by atoms with Gasteiger partial charge >= 0.3 is 0 Å². The van der Waals surface area contributed by atoms with Gasteiger partial charge < -0.3 is 14.7 Å². The second-order valence-corrected chi connectivity index (χ2v) is 10.1. The van der Waals surface area contributed by atoms with Gasteiger partial charge in [-0.05, 0) is 51.7 Å². The van der Waals surface area contributed by atoms with E-state index in [0.717, 1.165) is 23.4 Å². The van der Waals surface area contributed by atoms with Gasteiger partial charge in [-0.25, -0.2) is 9.97 Å². The van der Waals surface area contributed by atoms with E-state index in [9.17, 15) is 5.11 Å². The van der Waals surface area contributed by atoms with E-state index in [4.69, 9.17) is 4.74 Å². The maximum absolute atomic E-state index is 11.7. The molecule has 32 heavy (non-hydrogen) atoms. The van der Waals surface area contributed by atoms with Crippen LogP contribution in [-0.2, 0) is 5.60 Å². The zero-order valence-electron chi connectivity index (χ0n) is 20.1. The van der Waals surface area contributed by atoms with Crippen LogP contribution in [0.5, 0.6) is 5.75 Å². The molecular formula is C26H34N4O2. The zero-order valence-corrected chi connectivity index (χ0v) is 20.1. The summed E-state index contributed by atoms with van der Waals surface area (Å²) in [5.41, 5.74) is 1.07. The van der Waals surface area contributed by atoms with Gasteiger partial charge in [-0.2, -0.15) is 0 Å². The van der Waals surface area contributed by atoms with Crippen molar-refractivity contribution in [1.82, 2.24) is 19.9 Å². The first-order valence-corrected chi connectivity index (χ1v) is 10.8. The van der Waals surface area contributed by atoms with E-state index < -0.39 is 11.0 Å². The Balaban J connectivity index is 1.85. The lowest BCUT2D eigenvalue weighted by Crippen LogP contribution is -2.42. The average Bonchev–Trinajstić information content (AvgIpc) is 2.72. The molecule has 0 aliphatic heterocycles. The van der Waals surface area contributed by atoms with Gasteiger partial charge in [0, 0.05) is 41.7 Å². The smallest absolute Gasteiger partial charge is 0.139 e. The topological polar surface area (TPSA) is 71.4 Å². The van der Waals surface area contributed by atoms with Crippen LogP contribution in [-0.4, -0.2) is 51.2 Å². The number of nitrogens with zero attached hydrogens (tertiary/aromatic N) is 4. The van der Waals surface area contributed by atoms with Crippen molar-refractivity contribution in [2.45, 2.75) is 45.8 Å². The summed E-state index contributed by atoms with van der Waals surface area (Å²) in [7, 11) is 4.08. The molecule has 6 heteroatoms. The van der Waals surface area contributed by atoms with Crippen LogP contribution in [0.25, 0.3) is 11.1 Å². The van der Waals surface area contributed by atoms with E-state index >= 15 is 0 Å². The number of benzene rings is 1. The van der Waals surface area contributed by atoms with Crippen LogP contribution in [0.3, 0.4) is 0 Å². The minimum Gasteiger partial charge on any atom is -0.487 e. The van der Waals surface area contributed by atoms with Gasteiger partial charge in [-0.15, -0.1) is 0 Å². The highest BCUT2D eigenvalue weighted by molar-refractivity contribution is 5.63. The van der Waals surface area contributed by atoms with Crippen LogP contribution in [0.1, 0.15) is 45.9 Å². The van der Waals surface area contributed by atoms with Crippen molar-refractivity contribution in [2.75, 3.05) is 20.6 Å². The molecular weight excluding hydrogens is 400 g/mol. The Labute approximate surface area is 191 Å². The molecule has 2 aromatic heterocycles. The van der Waals surface area contributed by atoms with E-state index in [1.165, 1.54) is 6.33 Å². The third-order valence-electron chi connectivity index (χ3n) is 5.48. The summed E-state index contributed by atoms with van der Waals surface area (Å²) in [6, 6.07) is 11.9. The number of rotatable bonds is 7. The first-order chi connectivity index (χ1) is 14.9. The van der Waals surface area contributed by atoms with Crippen molar-refractivity contribution < 1.29 is 9.84 Å². The lowest BCUT2D eigenvalue weighted by molar-refractivity contribution is -0.0301. The highest BCUT2D eigenvalue weighted by atomic mass is 16.5. The van der Waals surface area contributed by atoms with Gasteiger partial charge in [0.1, 0.15) is 23.3 Å². The number of hydrogen-bond acceptors (Lipinski definition) is 6. The van der Waals surface area contributed by atoms with Gasteiger partial charge in [0.25, 0.3) is 0 Å². The standard InChI is InChI=1S/C26H34N4O2/c1-24(2,3)26(31,21-15-27-18-28-16-21)23-13-10-20(14-29-23)19-8-11-22(12-9-19)32-25(4,5)17-30(6)7/h8-16,18,31H,17H2,1-7H3. The molecule has 170 valence electrons. The summed E-state index contributed by atoms with van der Waals surface area (Å²) < 4.78 is 6.15. The SMILES string of the molecule is CN(C)CC(C)(C)Oc1ccc(-c2ccc(C(O)(c3cncnc3)C(C)(C)C)nc2)cc1. The predicted octanol–water partition coefficient (Wildman–Crippen LogP) is 4.54. The average molecular weight is 435 g/mol. The number of hydrogen-bond donors (Lipinski definition) is 1. The highest BCUT2D eigenvalue weighted by Gasteiger charge is 2.45. The fourth-order valence-electron chi connectivity index (χ4n) is 4.06. The van der Waals surface area contributed by atoms with E-state index in [1.54, 1.807) is 18.6 Å². The first kappa shape index (κ1) is 23.8. The van der Waals surface area contributed by atoms with Crippen molar-refractivity contribution in [2.24, 2.45) is 5.41 Å². The molecule has 1 atom stereocenters. The Morgan fingerprint density at radius 2 is 1.44 bits per heavy atom. The van der Waals surface area contributed by atoms with Crippen LogP contribution < -0.4 is 4.74 Å². The molecule has 0 aliphatic rings. The lowest BCUT2D eigenvalue weighted by atomic mass is 9.70. The van der Waals surface area contributed by atoms with Gasteiger partial charge in [-0.1, -0.05) is 39.0 Å². The molecule has 3 rings (SSSR count). The summed E-state index contributed by atoms with van der Waals surface area (Å²) in [5, 5.41) is 11.7. The molecule has 0 fully saturated rings. The number of pyridine rings is 1. The maximum Gasteiger partial charge on any atom is 0.139 e. The Kier molecular flexibility index (Phi) is 6.67. The fraction of sp³-hybridized carbons (Fsp3) is 0.423. The summed E-state index contributed by atoms with van der Waals surface area (Å²) in [4.78, 5) is 14.9. The number of aliphatic hydroxyl groups is 1. The van der Waals surface area contributed by atoms with E-state index in [0.29, 0.717) is 11.3 Å². The molecule has 1 aromatic carbocycles. The summed E-state index contributed by atoms with van der Waals surface area (Å²) in [5.74, 6) is 0.830. The van der Waals surface area contributed by atoms with Crippen molar-refractivity contribution in [1.29, 1.82) is 0 Å². The van der Waals surface area contributed by atoms with Gasteiger partial charge in [0.15, 0.2) is 0 Å². The molecule has 0 spiro atoms. The summed E-state index contributed by atoms with van der Waals surface area (Å²) in [6.07, 6.45) is 6.54. The van der Waals surface area contributed by atoms with Crippen LogP contribution >= 0.6 is 0 Å².